The molecule has 0 saturated carbocycles. The molecule has 1 spiro atoms. The van der Waals surface area contributed by atoms with Gasteiger partial charge < -0.3 is 19.7 Å². The Balaban J connectivity index is 1.29. The Morgan fingerprint density at radius 3 is 2.66 bits per heavy atom. The first-order valence-corrected chi connectivity index (χ1v) is 13.5. The Morgan fingerprint density at radius 2 is 1.90 bits per heavy atom. The molecule has 4 aromatic rings. The number of hydrogen-bond acceptors (Lipinski definition) is 5. The molecule has 3 amide bonds. The normalized spacial score (nSPS) is 18.4. The van der Waals surface area contributed by atoms with Gasteiger partial charge >= 0.3 is 12.2 Å². The van der Waals surface area contributed by atoms with E-state index >= 15 is 0 Å². The van der Waals surface area contributed by atoms with Gasteiger partial charge in [-0.2, -0.15) is 0 Å². The number of rotatable bonds is 6. The molecule has 6 rings (SSSR count). The zero-order valence-corrected chi connectivity index (χ0v) is 22.5. The molecule has 1 aromatic heterocycles. The highest BCUT2D eigenvalue weighted by atomic mass is 35.5. The van der Waals surface area contributed by atoms with Crippen molar-refractivity contribution < 1.29 is 24.2 Å². The number of imidazole rings is 1. The number of amides is 3. The van der Waals surface area contributed by atoms with Gasteiger partial charge in [0.15, 0.2) is 5.60 Å². The van der Waals surface area contributed by atoms with E-state index in [1.54, 1.807) is 53.6 Å². The molecule has 11 heteroatoms. The molecule has 41 heavy (non-hydrogen) atoms. The summed E-state index contributed by atoms with van der Waals surface area (Å²) in [5.74, 6) is -0.246. The average molecular weight is 572 g/mol. The van der Waals surface area contributed by atoms with Crippen LogP contribution in [0.15, 0.2) is 79.0 Å². The predicted octanol–water partition coefficient (Wildman–Crippen LogP) is 5.84. The Kier molecular flexibility index (Phi) is 6.84. The first-order valence-electron chi connectivity index (χ1n) is 13.1. The van der Waals surface area contributed by atoms with Gasteiger partial charge in [-0.1, -0.05) is 54.1 Å². The van der Waals surface area contributed by atoms with E-state index in [2.05, 4.69) is 20.6 Å². The molecule has 0 radical (unpaired) electrons. The van der Waals surface area contributed by atoms with Crippen LogP contribution in [0.2, 0.25) is 5.02 Å². The number of likely N-dealkylation sites (tertiary alicyclic amines) is 1. The molecule has 10 nitrogen and oxygen atoms in total. The molecule has 3 aromatic carbocycles. The van der Waals surface area contributed by atoms with Crippen molar-refractivity contribution in [2.24, 2.45) is 0 Å². The van der Waals surface area contributed by atoms with Crippen LogP contribution < -0.4 is 10.6 Å². The standard InChI is InChI=1S/C30H26ClN5O5/c31-20-8-11-24-23(15-20)30(41-29(40)35-24)12-13-36(17-30)27(37)22(14-18-4-2-1-3-5-18)26-32-16-25(34-26)19-6-9-21(10-7-19)33-28(38)39/h1-11,15-16,22,33H,12-14,17H2,(H,32,34)(H,35,40)(H,38,39)/t22-,30+/m1/s1. The number of benzene rings is 3. The molecule has 1 fully saturated rings. The number of aromatic amines is 1. The first kappa shape index (κ1) is 26.4. The number of aromatic nitrogens is 2. The van der Waals surface area contributed by atoms with E-state index in [1.165, 1.54) is 0 Å². The van der Waals surface area contributed by atoms with Crippen LogP contribution in [0.3, 0.4) is 0 Å². The summed E-state index contributed by atoms with van der Waals surface area (Å²) in [6.07, 6.45) is 0.825. The number of nitrogens with zero attached hydrogens (tertiary/aromatic N) is 2. The number of fused-ring (bicyclic) bond motifs is 2. The lowest BCUT2D eigenvalue weighted by Crippen LogP contribution is -2.43. The van der Waals surface area contributed by atoms with E-state index < -0.39 is 23.7 Å². The number of H-pyrrole nitrogens is 1. The van der Waals surface area contributed by atoms with Crippen LogP contribution >= 0.6 is 11.6 Å². The topological polar surface area (TPSA) is 137 Å². The molecule has 3 heterocycles. The highest BCUT2D eigenvalue weighted by molar-refractivity contribution is 6.30. The molecule has 2 atom stereocenters. The van der Waals surface area contributed by atoms with Crippen LogP contribution in [0.1, 0.15) is 29.3 Å². The van der Waals surface area contributed by atoms with Crippen LogP contribution in [0, 0.1) is 0 Å². The molecule has 0 aliphatic carbocycles. The maximum Gasteiger partial charge on any atom is 0.412 e. The van der Waals surface area contributed by atoms with Gasteiger partial charge in [0.25, 0.3) is 0 Å². The highest BCUT2D eigenvalue weighted by Gasteiger charge is 2.49. The number of halogens is 1. The van der Waals surface area contributed by atoms with E-state index in [0.29, 0.717) is 47.3 Å². The second-order valence-electron chi connectivity index (χ2n) is 10.1. The lowest BCUT2D eigenvalue weighted by Gasteiger charge is -2.35. The third kappa shape index (κ3) is 5.33. The second kappa shape index (κ2) is 10.6. The number of carbonyl (C=O) groups excluding carboxylic acids is 2. The van der Waals surface area contributed by atoms with Gasteiger partial charge in [0, 0.05) is 29.2 Å². The summed E-state index contributed by atoms with van der Waals surface area (Å²) in [6, 6.07) is 21.8. The molecule has 0 unspecified atom stereocenters. The summed E-state index contributed by atoms with van der Waals surface area (Å²) in [4.78, 5) is 47.1. The van der Waals surface area contributed by atoms with E-state index in [9.17, 15) is 14.4 Å². The van der Waals surface area contributed by atoms with E-state index in [4.69, 9.17) is 21.4 Å². The fraction of sp³-hybridized carbons (Fsp3) is 0.200. The van der Waals surface area contributed by atoms with Gasteiger partial charge in [0.1, 0.15) is 11.7 Å². The number of nitrogens with one attached hydrogen (secondary N) is 3. The van der Waals surface area contributed by atoms with Crippen molar-refractivity contribution in [1.29, 1.82) is 0 Å². The SMILES string of the molecule is O=C(O)Nc1ccc(-c2cnc([C@@H](Cc3ccccc3)C(=O)N3CC[C@@]4(C3)OC(=O)Nc3ccc(Cl)cc34)[nH]2)cc1. The molecule has 2 aliphatic rings. The smallest absolute Gasteiger partial charge is 0.412 e. The zero-order chi connectivity index (χ0) is 28.6. The van der Waals surface area contributed by atoms with Crippen LogP contribution in [0.25, 0.3) is 11.3 Å². The van der Waals surface area contributed by atoms with E-state index in [0.717, 1.165) is 16.7 Å². The van der Waals surface area contributed by atoms with Crippen LogP contribution in [-0.2, 0) is 21.6 Å². The molecule has 2 aliphatic heterocycles. The lowest BCUT2D eigenvalue weighted by molar-refractivity contribution is -0.133. The second-order valence-corrected chi connectivity index (χ2v) is 10.6. The third-order valence-corrected chi connectivity index (χ3v) is 7.73. The number of anilines is 2. The van der Waals surface area contributed by atoms with Crippen molar-refractivity contribution in [3.8, 4) is 11.3 Å². The summed E-state index contributed by atoms with van der Waals surface area (Å²) < 4.78 is 5.83. The van der Waals surface area contributed by atoms with Crippen molar-refractivity contribution >= 4 is 41.1 Å². The molecule has 208 valence electrons. The van der Waals surface area contributed by atoms with Gasteiger partial charge in [-0.3, -0.25) is 15.4 Å². The quantitative estimate of drug-likeness (QED) is 0.230. The van der Waals surface area contributed by atoms with Crippen molar-refractivity contribution in [3.05, 3.63) is 101 Å². The zero-order valence-electron chi connectivity index (χ0n) is 21.8. The minimum Gasteiger partial charge on any atom is -0.465 e. The summed E-state index contributed by atoms with van der Waals surface area (Å²) in [7, 11) is 0. The Bertz CT molecular complexity index is 1620. The molecule has 1 saturated heterocycles. The first-order chi connectivity index (χ1) is 19.8. The largest absolute Gasteiger partial charge is 0.465 e. The van der Waals surface area contributed by atoms with E-state index in [1.807, 2.05) is 30.3 Å². The van der Waals surface area contributed by atoms with Gasteiger partial charge in [0.2, 0.25) is 5.91 Å². The van der Waals surface area contributed by atoms with Gasteiger partial charge in [-0.15, -0.1) is 0 Å². The third-order valence-electron chi connectivity index (χ3n) is 7.49. The van der Waals surface area contributed by atoms with Gasteiger partial charge in [0.05, 0.1) is 24.1 Å². The fourth-order valence-electron chi connectivity index (χ4n) is 5.53. The maximum absolute atomic E-state index is 14.1. The average Bonchev–Trinajstić information content (AvgIpc) is 3.61. The van der Waals surface area contributed by atoms with E-state index in [-0.39, 0.29) is 12.5 Å². The van der Waals surface area contributed by atoms with Crippen molar-refractivity contribution in [2.75, 3.05) is 23.7 Å². The molecule has 0 bridgehead atoms. The monoisotopic (exact) mass is 571 g/mol. The van der Waals surface area contributed by atoms with Crippen LogP contribution in [-0.4, -0.2) is 51.2 Å². The lowest BCUT2D eigenvalue weighted by atomic mass is 9.90. The molecule has 4 N–H and O–H groups in total. The Morgan fingerprint density at radius 1 is 1.12 bits per heavy atom. The van der Waals surface area contributed by atoms with Crippen molar-refractivity contribution in [3.63, 3.8) is 0 Å². The summed E-state index contributed by atoms with van der Waals surface area (Å²) in [5.41, 5.74) is 3.30. The molecular weight excluding hydrogens is 546 g/mol. The number of ether oxygens (including phenoxy) is 1. The maximum atomic E-state index is 14.1. The van der Waals surface area contributed by atoms with Crippen LogP contribution in [0.4, 0.5) is 21.0 Å². The summed E-state index contributed by atoms with van der Waals surface area (Å²) in [6.45, 7) is 0.596. The fourth-order valence-corrected chi connectivity index (χ4v) is 5.70. The number of hydrogen-bond donors (Lipinski definition) is 4. The number of carboxylic acid groups (broad SMARTS) is 1. The Labute approximate surface area is 240 Å². The summed E-state index contributed by atoms with van der Waals surface area (Å²) >= 11 is 6.29. The van der Waals surface area contributed by atoms with Crippen molar-refractivity contribution in [1.82, 2.24) is 14.9 Å². The molecular formula is C30H26ClN5O5. The van der Waals surface area contributed by atoms with Gasteiger partial charge in [-0.25, -0.2) is 14.6 Å². The summed E-state index contributed by atoms with van der Waals surface area (Å²) in [5, 5.41) is 14.5. The predicted molar refractivity (Wildman–Crippen MR) is 153 cm³/mol. The minimum atomic E-state index is -1.14. The Hall–Kier alpha value is -4.83. The highest BCUT2D eigenvalue weighted by Crippen LogP contribution is 2.44. The van der Waals surface area contributed by atoms with Crippen molar-refractivity contribution in [2.45, 2.75) is 24.4 Å². The van der Waals surface area contributed by atoms with Crippen LogP contribution in [0.5, 0.6) is 0 Å². The van der Waals surface area contributed by atoms with Gasteiger partial charge in [-0.05, 0) is 47.9 Å². The minimum absolute atomic E-state index is 0.134. The number of carbonyl (C=O) groups is 3.